The fourth-order valence-electron chi connectivity index (χ4n) is 8.75. The first-order chi connectivity index (χ1) is 37.7. The molecular weight excluding hydrogens is 1020 g/mol. The molecule has 2 aliphatic rings. The molecule has 408 valence electrons. The Kier molecular flexibility index (Phi) is 17.9. The topological polar surface area (TPSA) is 132 Å². The van der Waals surface area contributed by atoms with E-state index in [-0.39, 0.29) is 29.0 Å². The highest BCUT2D eigenvalue weighted by Crippen LogP contribution is 2.37. The largest absolute Gasteiger partial charge is 0.418 e. The van der Waals surface area contributed by atoms with Crippen LogP contribution >= 0.6 is 0 Å². The number of alkyl halides is 6. The van der Waals surface area contributed by atoms with Crippen molar-refractivity contribution in [1.82, 2.24) is 48.8 Å². The van der Waals surface area contributed by atoms with E-state index in [0.717, 1.165) is 73.7 Å². The molecule has 0 spiro atoms. The highest BCUT2D eigenvalue weighted by atomic mass is 19.4. The Labute approximate surface area is 454 Å². The average molecular weight is 1080 g/mol. The van der Waals surface area contributed by atoms with Crippen molar-refractivity contribution >= 4 is 34.5 Å². The predicted molar refractivity (Wildman–Crippen MR) is 291 cm³/mol. The highest BCUT2D eigenvalue weighted by Gasteiger charge is 2.36. The second-order valence-corrected chi connectivity index (χ2v) is 19.4. The number of nitrogens with one attached hydrogen (secondary N) is 2. The van der Waals surface area contributed by atoms with Crippen LogP contribution in [0.1, 0.15) is 76.6 Å². The van der Waals surface area contributed by atoms with E-state index >= 15 is 0 Å². The van der Waals surface area contributed by atoms with E-state index in [1.165, 1.54) is 18.2 Å². The molecule has 10 rings (SSSR count). The summed E-state index contributed by atoms with van der Waals surface area (Å²) in [5, 5.41) is 13.3. The van der Waals surface area contributed by atoms with Crippen molar-refractivity contribution in [3.8, 4) is 24.2 Å². The number of nitrogens with zero attached hydrogens (tertiary/aromatic N) is 10. The maximum absolute atomic E-state index is 13.9. The Balaban J connectivity index is 0.000000179. The third kappa shape index (κ3) is 14.8. The molecule has 0 atom stereocenters. The zero-order valence-electron chi connectivity index (χ0n) is 44.3. The molecule has 0 radical (unpaired) electrons. The lowest BCUT2D eigenvalue weighted by Gasteiger charge is -2.33. The van der Waals surface area contributed by atoms with E-state index in [4.69, 9.17) is 6.42 Å². The third-order valence-corrected chi connectivity index (χ3v) is 13.6. The fourth-order valence-corrected chi connectivity index (χ4v) is 8.75. The van der Waals surface area contributed by atoms with Crippen LogP contribution in [0.5, 0.6) is 0 Å². The highest BCUT2D eigenvalue weighted by molar-refractivity contribution is 6.05. The van der Waals surface area contributed by atoms with Crippen LogP contribution < -0.4 is 10.6 Å². The molecule has 2 saturated heterocycles. The molecule has 0 aliphatic carbocycles. The second-order valence-electron chi connectivity index (χ2n) is 19.4. The second kappa shape index (κ2) is 24.9. The summed E-state index contributed by atoms with van der Waals surface area (Å²) in [5.74, 6) is 7.51. The minimum absolute atomic E-state index is 0.0828. The first kappa shape index (κ1) is 56.8. The Bertz CT molecular complexity index is 3570. The van der Waals surface area contributed by atoms with Gasteiger partial charge in [-0.2, -0.15) is 36.5 Å². The summed E-state index contributed by atoms with van der Waals surface area (Å²) in [6.07, 6.45) is 2.68. The minimum Gasteiger partial charge on any atom is -0.322 e. The van der Waals surface area contributed by atoms with Crippen LogP contribution in [0.3, 0.4) is 0 Å². The van der Waals surface area contributed by atoms with Crippen LogP contribution in [-0.4, -0.2) is 127 Å². The van der Waals surface area contributed by atoms with E-state index in [1.54, 1.807) is 82.3 Å². The first-order valence-electron chi connectivity index (χ1n) is 25.3. The maximum atomic E-state index is 13.9. The van der Waals surface area contributed by atoms with Crippen LogP contribution in [0.4, 0.5) is 37.7 Å². The van der Waals surface area contributed by atoms with Gasteiger partial charge < -0.3 is 20.4 Å². The monoisotopic (exact) mass is 1080 g/mol. The number of imidazole rings is 2. The van der Waals surface area contributed by atoms with Crippen LogP contribution in [0.15, 0.2) is 122 Å². The molecular formula is C59H58F6N12O2. The average Bonchev–Trinajstić information content (AvgIpc) is 4.16. The number of aryl methyl sites for hydroxylation is 3. The van der Waals surface area contributed by atoms with Crippen LogP contribution in [-0.2, 0) is 25.4 Å². The van der Waals surface area contributed by atoms with E-state index in [0.29, 0.717) is 53.4 Å². The molecule has 0 unspecified atom stereocenters. The summed E-state index contributed by atoms with van der Waals surface area (Å²) in [4.78, 5) is 42.3. The molecule has 8 aromatic rings. The van der Waals surface area contributed by atoms with Gasteiger partial charge in [0.1, 0.15) is 11.4 Å². The van der Waals surface area contributed by atoms with E-state index in [9.17, 15) is 35.9 Å². The van der Waals surface area contributed by atoms with Crippen molar-refractivity contribution in [2.45, 2.75) is 46.2 Å². The van der Waals surface area contributed by atoms with Gasteiger partial charge in [0.2, 0.25) is 0 Å². The number of carbonyl (C=O) groups excluding carboxylic acids is 2. The third-order valence-electron chi connectivity index (χ3n) is 13.6. The molecule has 0 bridgehead atoms. The number of rotatable bonds is 8. The summed E-state index contributed by atoms with van der Waals surface area (Å²) in [7, 11) is 4.03. The number of likely N-dealkylation sites (N-methyl/N-ethyl adjacent to an activating group) is 2. The van der Waals surface area contributed by atoms with Crippen LogP contribution in [0.25, 0.3) is 11.3 Å². The summed E-state index contributed by atoms with van der Waals surface area (Å²) >= 11 is 0. The minimum atomic E-state index is -4.55. The predicted octanol–water partition coefficient (Wildman–Crippen LogP) is 9.49. The number of piperazine rings is 2. The number of aromatic nitrogens is 6. The smallest absolute Gasteiger partial charge is 0.322 e. The summed E-state index contributed by atoms with van der Waals surface area (Å²) in [6.45, 7) is 12.8. The molecule has 79 heavy (non-hydrogen) atoms. The van der Waals surface area contributed by atoms with Crippen LogP contribution in [0, 0.1) is 45.0 Å². The lowest BCUT2D eigenvalue weighted by molar-refractivity contribution is -0.138. The summed E-state index contributed by atoms with van der Waals surface area (Å²) < 4.78 is 86.0. The molecule has 2 amide bonds. The SMILES string of the molecule is C#Cc1cnc2cccnn12.Cc1ccc(C(=O)Nc2ccc(CN3CCN(C)CC3)c(C(F)(F)F)c2)cc1C#Cc1cnc2cccnn12.Cc1ccc(C(=O)Nc2ccc(CN3CCN(C)CC3)cc2C(F)(F)F)cc1C. The molecule has 14 nitrogen and oxygen atoms in total. The lowest BCUT2D eigenvalue weighted by atomic mass is 10.0. The Morgan fingerprint density at radius 1 is 0.582 bits per heavy atom. The zero-order valence-corrected chi connectivity index (χ0v) is 44.3. The lowest BCUT2D eigenvalue weighted by Crippen LogP contribution is -2.44. The summed E-state index contributed by atoms with van der Waals surface area (Å²) in [5.41, 5.74) is 5.84. The van der Waals surface area contributed by atoms with Gasteiger partial charge in [0.05, 0.1) is 29.2 Å². The number of fused-ring (bicyclic) bond motifs is 2. The molecule has 4 aromatic heterocycles. The van der Waals surface area contributed by atoms with Crippen molar-refractivity contribution in [3.63, 3.8) is 0 Å². The molecule has 20 heteroatoms. The van der Waals surface area contributed by atoms with Gasteiger partial charge in [-0.05, 0) is 147 Å². The molecule has 6 heterocycles. The number of anilines is 2. The molecule has 0 saturated carbocycles. The van der Waals surface area contributed by atoms with Gasteiger partial charge in [0.25, 0.3) is 11.8 Å². The van der Waals surface area contributed by atoms with Gasteiger partial charge in [-0.25, -0.2) is 19.0 Å². The maximum Gasteiger partial charge on any atom is 0.418 e. The number of amides is 2. The molecule has 2 fully saturated rings. The van der Waals surface area contributed by atoms with Crippen molar-refractivity contribution in [3.05, 3.63) is 189 Å². The Morgan fingerprint density at radius 2 is 1.14 bits per heavy atom. The molecule has 4 aromatic carbocycles. The number of terminal acetylenes is 1. The number of hydrogen-bond donors (Lipinski definition) is 2. The molecule has 2 N–H and O–H groups in total. The summed E-state index contributed by atoms with van der Waals surface area (Å²) in [6, 6.07) is 25.5. The quantitative estimate of drug-likeness (QED) is 0.112. The van der Waals surface area contributed by atoms with Crippen LogP contribution in [0.2, 0.25) is 0 Å². The van der Waals surface area contributed by atoms with Gasteiger partial charge in [0, 0.05) is 100 Å². The van der Waals surface area contributed by atoms with Crippen molar-refractivity contribution in [2.24, 2.45) is 0 Å². The van der Waals surface area contributed by atoms with Gasteiger partial charge in [-0.1, -0.05) is 30.2 Å². The number of carbonyl (C=O) groups is 2. The standard InChI is InChI=1S/C29H27F3N6O.C22H26F3N3O.C8H5N3/c1-20-5-6-22(16-21(20)8-10-25-18-33-27-4-3-11-34-38(25)27)28(39)35-24-9-7-23(26(17-24)29(30,31)32)19-37-14-12-36(2)13-15-37;1-15-4-6-18(12-16(15)2)21(29)26-20-7-5-17(13-19(20)22(23,24)25)14-28-10-8-27(3)9-11-28;1-2-7-6-9-8-4-3-5-10-11(7)8/h3-7,9,11,16-18H,12-15,19H2,1-2H3,(H,35,39);4-7,12-13H,8-11,14H2,1-3H3,(H,26,29);1,3-6H. The van der Waals surface area contributed by atoms with E-state index in [2.05, 4.69) is 63.3 Å². The Morgan fingerprint density at radius 3 is 1.73 bits per heavy atom. The van der Waals surface area contributed by atoms with Crippen molar-refractivity contribution in [2.75, 3.05) is 77.1 Å². The van der Waals surface area contributed by atoms with Crippen molar-refractivity contribution in [1.29, 1.82) is 0 Å². The number of benzene rings is 4. The Hall–Kier alpha value is -8.40. The van der Waals surface area contributed by atoms with Gasteiger partial charge in [-0.15, -0.1) is 6.42 Å². The fraction of sp³-hybridized carbons (Fsp3) is 0.288. The van der Waals surface area contributed by atoms with E-state index < -0.39 is 35.3 Å². The number of halogens is 6. The first-order valence-corrected chi connectivity index (χ1v) is 25.3. The van der Waals surface area contributed by atoms with Gasteiger partial charge >= 0.3 is 12.4 Å². The van der Waals surface area contributed by atoms with E-state index in [1.807, 2.05) is 58.0 Å². The van der Waals surface area contributed by atoms with Crippen molar-refractivity contribution < 1.29 is 35.9 Å². The van der Waals surface area contributed by atoms with Gasteiger partial charge in [-0.3, -0.25) is 19.4 Å². The number of hydrogen-bond acceptors (Lipinski definition) is 10. The zero-order chi connectivity index (χ0) is 56.4. The molecule has 2 aliphatic heterocycles. The normalized spacial score (nSPS) is 14.5. The van der Waals surface area contributed by atoms with Gasteiger partial charge in [0.15, 0.2) is 11.3 Å².